The third kappa shape index (κ3) is 6.07. The van der Waals surface area contributed by atoms with Crippen LogP contribution in [-0.2, 0) is 14.3 Å². The van der Waals surface area contributed by atoms with E-state index in [0.29, 0.717) is 15.7 Å². The number of halogens is 2. The summed E-state index contributed by atoms with van der Waals surface area (Å²) in [7, 11) is 0. The smallest absolute Gasteiger partial charge is 0.331 e. The van der Waals surface area contributed by atoms with Gasteiger partial charge in [-0.3, -0.25) is 4.79 Å². The zero-order valence-electron chi connectivity index (χ0n) is 12.9. The van der Waals surface area contributed by atoms with E-state index in [2.05, 4.69) is 5.32 Å². The van der Waals surface area contributed by atoms with Gasteiger partial charge in [-0.25, -0.2) is 4.79 Å². The number of anilines is 1. The molecule has 124 valence electrons. The summed E-state index contributed by atoms with van der Waals surface area (Å²) in [5.74, 6) is -1.08. The van der Waals surface area contributed by atoms with E-state index in [1.165, 1.54) is 6.08 Å². The van der Waals surface area contributed by atoms with Gasteiger partial charge in [0.2, 0.25) is 0 Å². The van der Waals surface area contributed by atoms with Gasteiger partial charge in [-0.15, -0.1) is 0 Å². The number of ether oxygens (including phenoxy) is 1. The molecule has 4 nitrogen and oxygen atoms in total. The molecule has 2 aromatic carbocycles. The normalized spacial score (nSPS) is 10.6. The molecule has 0 aliphatic carbocycles. The predicted octanol–water partition coefficient (Wildman–Crippen LogP) is 4.50. The molecule has 1 N–H and O–H groups in total. The van der Waals surface area contributed by atoms with Crippen LogP contribution in [0.1, 0.15) is 11.1 Å². The number of esters is 1. The zero-order valence-corrected chi connectivity index (χ0v) is 14.4. The van der Waals surface area contributed by atoms with Crippen LogP contribution in [0.4, 0.5) is 5.69 Å². The summed E-state index contributed by atoms with van der Waals surface area (Å²) in [6, 6.07) is 12.3. The fourth-order valence-electron chi connectivity index (χ4n) is 1.85. The third-order valence-electron chi connectivity index (χ3n) is 2.98. The van der Waals surface area contributed by atoms with Gasteiger partial charge in [-0.05, 0) is 36.8 Å². The van der Waals surface area contributed by atoms with Crippen LogP contribution in [0.25, 0.3) is 6.08 Å². The van der Waals surface area contributed by atoms with Crippen LogP contribution < -0.4 is 5.32 Å². The summed E-state index contributed by atoms with van der Waals surface area (Å²) >= 11 is 11.7. The Kier molecular flexibility index (Phi) is 6.41. The van der Waals surface area contributed by atoms with Gasteiger partial charge in [0.1, 0.15) is 0 Å². The van der Waals surface area contributed by atoms with Crippen molar-refractivity contribution in [2.24, 2.45) is 0 Å². The molecule has 24 heavy (non-hydrogen) atoms. The third-order valence-corrected chi connectivity index (χ3v) is 3.42. The number of hydrogen-bond donors (Lipinski definition) is 1. The largest absolute Gasteiger partial charge is 0.452 e. The molecule has 0 atom stereocenters. The Bertz CT molecular complexity index is 750. The molecule has 0 unspecified atom stereocenters. The van der Waals surface area contributed by atoms with E-state index in [9.17, 15) is 9.59 Å². The lowest BCUT2D eigenvalue weighted by atomic mass is 10.1. The molecule has 0 saturated carbocycles. The minimum Gasteiger partial charge on any atom is -0.452 e. The molecular formula is C18H15Cl2NO3. The van der Waals surface area contributed by atoms with Crippen molar-refractivity contribution in [1.29, 1.82) is 0 Å². The maximum atomic E-state index is 11.8. The number of aryl methyl sites for hydroxylation is 1. The monoisotopic (exact) mass is 363 g/mol. The fraction of sp³-hybridized carbons (Fsp3) is 0.111. The van der Waals surface area contributed by atoms with Crippen molar-refractivity contribution in [3.8, 4) is 0 Å². The van der Waals surface area contributed by atoms with Crippen molar-refractivity contribution in [3.05, 3.63) is 69.7 Å². The van der Waals surface area contributed by atoms with E-state index < -0.39 is 18.5 Å². The van der Waals surface area contributed by atoms with Crippen molar-refractivity contribution in [2.45, 2.75) is 6.92 Å². The second kappa shape index (κ2) is 8.52. The molecule has 0 saturated heterocycles. The van der Waals surface area contributed by atoms with Crippen LogP contribution in [0, 0.1) is 6.92 Å². The first-order chi connectivity index (χ1) is 11.4. The summed E-state index contributed by atoms with van der Waals surface area (Å²) < 4.78 is 4.88. The number of carbonyl (C=O) groups is 2. The Balaban J connectivity index is 1.82. The predicted molar refractivity (Wildman–Crippen MR) is 96.3 cm³/mol. The Labute approximate surface area is 150 Å². The Morgan fingerprint density at radius 3 is 2.33 bits per heavy atom. The average Bonchev–Trinajstić information content (AvgIpc) is 2.51. The summed E-state index contributed by atoms with van der Waals surface area (Å²) in [6.45, 7) is 1.58. The Morgan fingerprint density at radius 2 is 1.71 bits per heavy atom. The molecule has 0 spiro atoms. The van der Waals surface area contributed by atoms with Crippen LogP contribution in [0.2, 0.25) is 10.0 Å². The number of nitrogens with one attached hydrogen (secondary N) is 1. The lowest BCUT2D eigenvalue weighted by molar-refractivity contribution is -0.142. The van der Waals surface area contributed by atoms with Crippen LogP contribution in [0.5, 0.6) is 0 Å². The minimum absolute atomic E-state index is 0.399. The van der Waals surface area contributed by atoms with E-state index in [-0.39, 0.29) is 0 Å². The summed E-state index contributed by atoms with van der Waals surface area (Å²) in [5, 5.41) is 3.35. The minimum atomic E-state index is -0.602. The quantitative estimate of drug-likeness (QED) is 0.628. The summed E-state index contributed by atoms with van der Waals surface area (Å²) in [6.07, 6.45) is 2.89. The SMILES string of the molecule is Cc1ccc(C=CC(=O)OCC(=O)Nc2cc(Cl)cc(Cl)c2)cc1. The maximum absolute atomic E-state index is 11.8. The first kappa shape index (κ1) is 18.0. The van der Waals surface area contributed by atoms with Crippen molar-refractivity contribution >= 4 is 46.8 Å². The topological polar surface area (TPSA) is 55.4 Å². The number of benzene rings is 2. The standard InChI is InChI=1S/C18H15Cl2NO3/c1-12-2-4-13(5-3-12)6-7-18(23)24-11-17(22)21-16-9-14(19)8-15(20)10-16/h2-10H,11H2,1H3,(H,21,22). The van der Waals surface area contributed by atoms with Gasteiger partial charge in [0.25, 0.3) is 5.91 Å². The van der Waals surface area contributed by atoms with Crippen LogP contribution in [0.3, 0.4) is 0 Å². The molecule has 0 heterocycles. The molecule has 0 aliphatic rings. The number of carbonyl (C=O) groups excluding carboxylic acids is 2. The van der Waals surface area contributed by atoms with Crippen LogP contribution in [-0.4, -0.2) is 18.5 Å². The highest BCUT2D eigenvalue weighted by molar-refractivity contribution is 6.35. The fourth-order valence-corrected chi connectivity index (χ4v) is 2.38. The molecule has 6 heteroatoms. The highest BCUT2D eigenvalue weighted by Crippen LogP contribution is 2.22. The molecule has 1 amide bonds. The molecule has 2 rings (SSSR count). The van der Waals surface area contributed by atoms with Crippen LogP contribution >= 0.6 is 23.2 Å². The second-order valence-corrected chi connectivity index (χ2v) is 5.93. The van der Waals surface area contributed by atoms with Gasteiger partial charge in [0.15, 0.2) is 6.61 Å². The number of hydrogen-bond acceptors (Lipinski definition) is 3. The first-order valence-electron chi connectivity index (χ1n) is 7.10. The highest BCUT2D eigenvalue weighted by atomic mass is 35.5. The zero-order chi connectivity index (χ0) is 17.5. The van der Waals surface area contributed by atoms with Gasteiger partial charge in [0.05, 0.1) is 0 Å². The lowest BCUT2D eigenvalue weighted by Gasteiger charge is -2.06. The first-order valence-corrected chi connectivity index (χ1v) is 7.85. The van der Waals surface area contributed by atoms with E-state index in [1.807, 2.05) is 31.2 Å². The molecule has 0 radical (unpaired) electrons. The molecule has 0 aliphatic heterocycles. The van der Waals surface area contributed by atoms with E-state index in [0.717, 1.165) is 11.1 Å². The van der Waals surface area contributed by atoms with Gasteiger partial charge in [0, 0.05) is 21.8 Å². The van der Waals surface area contributed by atoms with E-state index in [4.69, 9.17) is 27.9 Å². The molecule has 0 aromatic heterocycles. The highest BCUT2D eigenvalue weighted by Gasteiger charge is 2.07. The Hall–Kier alpha value is -2.30. The number of rotatable bonds is 5. The van der Waals surface area contributed by atoms with E-state index in [1.54, 1.807) is 24.3 Å². The lowest BCUT2D eigenvalue weighted by Crippen LogP contribution is -2.20. The van der Waals surface area contributed by atoms with E-state index >= 15 is 0 Å². The second-order valence-electron chi connectivity index (χ2n) is 5.06. The van der Waals surface area contributed by atoms with Gasteiger partial charge in [-0.1, -0.05) is 53.0 Å². The Morgan fingerprint density at radius 1 is 1.08 bits per heavy atom. The number of amides is 1. The maximum Gasteiger partial charge on any atom is 0.331 e. The van der Waals surface area contributed by atoms with Crippen molar-refractivity contribution in [2.75, 3.05) is 11.9 Å². The van der Waals surface area contributed by atoms with Gasteiger partial charge < -0.3 is 10.1 Å². The van der Waals surface area contributed by atoms with Crippen molar-refractivity contribution in [3.63, 3.8) is 0 Å². The summed E-state index contributed by atoms with van der Waals surface area (Å²) in [5.41, 5.74) is 2.44. The van der Waals surface area contributed by atoms with Crippen molar-refractivity contribution < 1.29 is 14.3 Å². The average molecular weight is 364 g/mol. The molecule has 2 aromatic rings. The molecule has 0 bridgehead atoms. The summed E-state index contributed by atoms with van der Waals surface area (Å²) in [4.78, 5) is 23.4. The van der Waals surface area contributed by atoms with Crippen LogP contribution in [0.15, 0.2) is 48.5 Å². The van der Waals surface area contributed by atoms with Gasteiger partial charge >= 0.3 is 5.97 Å². The van der Waals surface area contributed by atoms with Crippen molar-refractivity contribution in [1.82, 2.24) is 0 Å². The van der Waals surface area contributed by atoms with Gasteiger partial charge in [-0.2, -0.15) is 0 Å². The molecular weight excluding hydrogens is 349 g/mol. The molecule has 0 fully saturated rings.